The molecule has 1 heterocycles. The van der Waals surface area contributed by atoms with Gasteiger partial charge in [0, 0.05) is 5.56 Å². The van der Waals surface area contributed by atoms with Gasteiger partial charge in [0.05, 0.1) is 6.54 Å². The van der Waals surface area contributed by atoms with Crippen molar-refractivity contribution in [2.75, 3.05) is 6.54 Å². The number of nitrogens with zero attached hydrogens (tertiary/aromatic N) is 4. The Balaban J connectivity index is 1.95. The first-order valence-corrected chi connectivity index (χ1v) is 5.59. The molecule has 0 spiro atoms. The highest BCUT2D eigenvalue weighted by molar-refractivity contribution is 5.94. The van der Waals surface area contributed by atoms with Crippen LogP contribution in [0.5, 0.6) is 0 Å². The summed E-state index contributed by atoms with van der Waals surface area (Å²) >= 11 is 0. The third kappa shape index (κ3) is 4.04. The Morgan fingerprint density at radius 3 is 2.50 bits per heavy atom. The van der Waals surface area contributed by atoms with E-state index in [0.717, 1.165) is 5.56 Å². The Hall–Kier alpha value is -2.45. The van der Waals surface area contributed by atoms with Crippen molar-refractivity contribution in [3.05, 3.63) is 41.7 Å². The lowest BCUT2D eigenvalue weighted by molar-refractivity contribution is -0.123. The van der Waals surface area contributed by atoms with E-state index in [2.05, 4.69) is 15.5 Å². The van der Waals surface area contributed by atoms with Gasteiger partial charge < -0.3 is 5.32 Å². The lowest BCUT2D eigenvalue weighted by Crippen LogP contribution is -2.33. The van der Waals surface area contributed by atoms with Gasteiger partial charge in [-0.1, -0.05) is 12.1 Å². The number of amides is 1. The molecule has 0 saturated heterocycles. The summed E-state index contributed by atoms with van der Waals surface area (Å²) in [6.45, 7) is -0.935. The number of aromatic nitrogens is 4. The van der Waals surface area contributed by atoms with Crippen molar-refractivity contribution in [2.24, 2.45) is 0 Å². The summed E-state index contributed by atoms with van der Waals surface area (Å²) in [7, 11) is 0. The number of hydrogen-bond donors (Lipinski definition) is 1. The maximum atomic E-state index is 12.0. The van der Waals surface area contributed by atoms with Crippen LogP contribution in [0.2, 0.25) is 0 Å². The third-order valence-electron chi connectivity index (χ3n) is 2.40. The van der Waals surface area contributed by atoms with Gasteiger partial charge in [-0.25, -0.2) is 4.68 Å². The molecule has 0 atom stereocenters. The van der Waals surface area contributed by atoms with Gasteiger partial charge in [0.25, 0.3) is 5.91 Å². The molecule has 0 bridgehead atoms. The molecule has 2 aromatic rings. The lowest BCUT2D eigenvalue weighted by atomic mass is 10.1. The molecule has 1 aromatic heterocycles. The molecule has 0 aliphatic heterocycles. The molecule has 0 fully saturated rings. The maximum absolute atomic E-state index is 12.0. The Morgan fingerprint density at radius 1 is 1.25 bits per heavy atom. The fraction of sp³-hybridized carbons (Fsp3) is 0.273. The van der Waals surface area contributed by atoms with Crippen molar-refractivity contribution in [1.29, 1.82) is 0 Å². The highest BCUT2D eigenvalue weighted by Crippen LogP contribution is 2.13. The number of benzene rings is 1. The van der Waals surface area contributed by atoms with Crippen LogP contribution >= 0.6 is 0 Å². The fourth-order valence-electron chi connectivity index (χ4n) is 1.48. The first kappa shape index (κ1) is 14.0. The number of halogens is 3. The molecule has 106 valence electrons. The van der Waals surface area contributed by atoms with E-state index in [9.17, 15) is 18.0 Å². The molecule has 0 unspecified atom stereocenters. The fourth-order valence-corrected chi connectivity index (χ4v) is 1.48. The molecule has 1 N–H and O–H groups in total. The average Bonchev–Trinajstić information content (AvgIpc) is 2.89. The van der Waals surface area contributed by atoms with Crippen LogP contribution < -0.4 is 5.32 Å². The van der Waals surface area contributed by atoms with Crippen LogP contribution in [0.25, 0.3) is 0 Å². The number of hydrogen-bond acceptors (Lipinski definition) is 4. The first-order valence-electron chi connectivity index (χ1n) is 5.59. The van der Waals surface area contributed by atoms with Crippen molar-refractivity contribution >= 4 is 5.91 Å². The van der Waals surface area contributed by atoms with Crippen LogP contribution in [0, 0.1) is 0 Å². The maximum Gasteiger partial charge on any atom is 0.405 e. The second-order valence-corrected chi connectivity index (χ2v) is 4.00. The molecule has 9 heteroatoms. The van der Waals surface area contributed by atoms with Gasteiger partial charge in [-0.3, -0.25) is 4.79 Å². The van der Waals surface area contributed by atoms with E-state index >= 15 is 0 Å². The molecular formula is C11H10F3N5O. The summed E-state index contributed by atoms with van der Waals surface area (Å²) < 4.78 is 37.4. The number of carbonyl (C=O) groups is 1. The highest BCUT2D eigenvalue weighted by atomic mass is 19.4. The zero-order chi connectivity index (χ0) is 14.6. The van der Waals surface area contributed by atoms with E-state index in [1.807, 2.05) is 0 Å². The van der Waals surface area contributed by atoms with Gasteiger partial charge in [-0.2, -0.15) is 13.2 Å². The van der Waals surface area contributed by atoms with Crippen molar-refractivity contribution in [2.45, 2.75) is 12.7 Å². The zero-order valence-electron chi connectivity index (χ0n) is 10.1. The smallest absolute Gasteiger partial charge is 0.343 e. The summed E-state index contributed by atoms with van der Waals surface area (Å²) in [4.78, 5) is 11.5. The van der Waals surface area contributed by atoms with Crippen molar-refractivity contribution in [1.82, 2.24) is 25.5 Å². The van der Waals surface area contributed by atoms with Crippen LogP contribution in [0.15, 0.2) is 30.6 Å². The average molecular weight is 285 g/mol. The van der Waals surface area contributed by atoms with Gasteiger partial charge in [-0.15, -0.1) is 5.10 Å². The van der Waals surface area contributed by atoms with E-state index in [0.29, 0.717) is 6.54 Å². The third-order valence-corrected chi connectivity index (χ3v) is 2.40. The van der Waals surface area contributed by atoms with Crippen LogP contribution in [0.4, 0.5) is 13.2 Å². The summed E-state index contributed by atoms with van der Waals surface area (Å²) in [5.74, 6) is -0.767. The van der Waals surface area contributed by atoms with Crippen molar-refractivity contribution < 1.29 is 18.0 Å². The molecule has 0 saturated carbocycles. The van der Waals surface area contributed by atoms with Gasteiger partial charge in [0.1, 0.15) is 12.9 Å². The normalized spacial score (nSPS) is 11.3. The zero-order valence-corrected chi connectivity index (χ0v) is 10.1. The Labute approximate surface area is 111 Å². The van der Waals surface area contributed by atoms with Crippen molar-refractivity contribution in [3.8, 4) is 0 Å². The standard InChI is InChI=1S/C11H10F3N5O/c12-11(13,14)6-15-10(20)9-3-1-8(2-4-9)5-19-7-16-17-18-19/h1-4,7H,5-6H2,(H,15,20). The van der Waals surface area contributed by atoms with Gasteiger partial charge in [-0.05, 0) is 28.1 Å². The number of tetrazole rings is 1. The van der Waals surface area contributed by atoms with E-state index in [-0.39, 0.29) is 5.56 Å². The molecular weight excluding hydrogens is 275 g/mol. The summed E-state index contributed by atoms with van der Waals surface area (Å²) in [6, 6.07) is 6.16. The Morgan fingerprint density at radius 2 is 1.95 bits per heavy atom. The molecule has 6 nitrogen and oxygen atoms in total. The second-order valence-electron chi connectivity index (χ2n) is 4.00. The Bertz CT molecular complexity index is 565. The Kier molecular flexibility index (Phi) is 3.97. The van der Waals surface area contributed by atoms with Crippen molar-refractivity contribution in [3.63, 3.8) is 0 Å². The lowest BCUT2D eigenvalue weighted by Gasteiger charge is -2.08. The minimum atomic E-state index is -4.42. The van der Waals surface area contributed by atoms with Crippen LogP contribution in [0.3, 0.4) is 0 Å². The van der Waals surface area contributed by atoms with Gasteiger partial charge in [0.2, 0.25) is 0 Å². The molecule has 20 heavy (non-hydrogen) atoms. The molecule has 0 aliphatic rings. The first-order chi connectivity index (χ1) is 9.44. The van der Waals surface area contributed by atoms with Crippen LogP contribution in [0.1, 0.15) is 15.9 Å². The molecule has 1 amide bonds. The number of nitrogens with one attached hydrogen (secondary N) is 1. The summed E-state index contributed by atoms with van der Waals surface area (Å²) in [6.07, 6.45) is -2.99. The quantitative estimate of drug-likeness (QED) is 0.910. The monoisotopic (exact) mass is 285 g/mol. The SMILES string of the molecule is O=C(NCC(F)(F)F)c1ccc(Cn2cnnn2)cc1. The van der Waals surface area contributed by atoms with Crippen LogP contribution in [-0.2, 0) is 6.54 Å². The molecule has 0 radical (unpaired) electrons. The molecule has 0 aliphatic carbocycles. The van der Waals surface area contributed by atoms with E-state index < -0.39 is 18.6 Å². The summed E-state index contributed by atoms with van der Waals surface area (Å²) in [5, 5.41) is 12.4. The predicted molar refractivity (Wildman–Crippen MR) is 61.7 cm³/mol. The van der Waals surface area contributed by atoms with E-state index in [1.54, 1.807) is 17.4 Å². The predicted octanol–water partition coefficient (Wildman–Crippen LogP) is 1.01. The minimum absolute atomic E-state index is 0.162. The minimum Gasteiger partial charge on any atom is -0.343 e. The number of alkyl halides is 3. The van der Waals surface area contributed by atoms with Gasteiger partial charge in [0.15, 0.2) is 0 Å². The second kappa shape index (κ2) is 5.68. The van der Waals surface area contributed by atoms with Gasteiger partial charge >= 0.3 is 6.18 Å². The van der Waals surface area contributed by atoms with Crippen LogP contribution in [-0.4, -0.2) is 38.8 Å². The molecule has 2 rings (SSSR count). The highest BCUT2D eigenvalue weighted by Gasteiger charge is 2.27. The topological polar surface area (TPSA) is 72.7 Å². The number of carbonyl (C=O) groups excluding carboxylic acids is 1. The van der Waals surface area contributed by atoms with E-state index in [1.165, 1.54) is 23.1 Å². The largest absolute Gasteiger partial charge is 0.405 e. The molecule has 1 aromatic carbocycles. The number of rotatable bonds is 4. The van der Waals surface area contributed by atoms with E-state index in [4.69, 9.17) is 0 Å². The summed E-state index contributed by atoms with van der Waals surface area (Å²) in [5.41, 5.74) is 0.986.